The average molecular weight is 479 g/mol. The van der Waals surface area contributed by atoms with Crippen LogP contribution in [0.5, 0.6) is 0 Å². The van der Waals surface area contributed by atoms with E-state index in [0.29, 0.717) is 0 Å². The van der Waals surface area contributed by atoms with Crippen LogP contribution in [0.15, 0.2) is 30.3 Å². The summed E-state index contributed by atoms with van der Waals surface area (Å²) in [7, 11) is 0. The van der Waals surface area contributed by atoms with Gasteiger partial charge < -0.3 is 24.4 Å². The number of carbonyl (C=O) groups excluding carboxylic acids is 4. The number of benzene rings is 1. The molecule has 2 heterocycles. The summed E-state index contributed by atoms with van der Waals surface area (Å²) in [6.07, 6.45) is 2.22. The fourth-order valence-electron chi connectivity index (χ4n) is 3.84. The number of nitrogens with zero attached hydrogens (tertiary/aromatic N) is 1. The molecule has 2 fully saturated rings. The van der Waals surface area contributed by atoms with Crippen LogP contribution in [0.3, 0.4) is 0 Å². The van der Waals surface area contributed by atoms with Crippen LogP contribution in [0, 0.1) is 0 Å². The molecule has 1 unspecified atom stereocenters. The molecule has 0 spiro atoms. The van der Waals surface area contributed by atoms with Gasteiger partial charge in [-0.1, -0.05) is 50.1 Å². The number of hydrogen-bond acceptors (Lipinski definition) is 8. The Bertz CT molecular complexity index is 877. The molecular formula is C23H30N2O7S. The van der Waals surface area contributed by atoms with Crippen molar-refractivity contribution >= 4 is 35.7 Å². The molecule has 9 nitrogen and oxygen atoms in total. The molecule has 2 amide bonds. The monoisotopic (exact) mass is 478 g/mol. The van der Waals surface area contributed by atoms with Gasteiger partial charge in [0.2, 0.25) is 12.7 Å². The molecule has 0 aromatic heterocycles. The van der Waals surface area contributed by atoms with Gasteiger partial charge in [0, 0.05) is 11.2 Å². The summed E-state index contributed by atoms with van der Waals surface area (Å²) < 4.78 is 14.7. The van der Waals surface area contributed by atoms with Crippen molar-refractivity contribution in [1.82, 2.24) is 10.2 Å². The third-order valence-corrected chi connectivity index (χ3v) is 7.13. The minimum absolute atomic E-state index is 0.0900. The number of ether oxygens (including phenoxy) is 3. The van der Waals surface area contributed by atoms with Gasteiger partial charge in [-0.25, -0.2) is 9.59 Å². The zero-order valence-corrected chi connectivity index (χ0v) is 19.9. The van der Waals surface area contributed by atoms with Gasteiger partial charge in [-0.3, -0.25) is 9.59 Å². The van der Waals surface area contributed by atoms with Crippen LogP contribution in [-0.4, -0.2) is 57.8 Å². The van der Waals surface area contributed by atoms with Gasteiger partial charge in [-0.05, 0) is 25.8 Å². The van der Waals surface area contributed by atoms with Crippen molar-refractivity contribution in [2.75, 3.05) is 6.79 Å². The molecule has 33 heavy (non-hydrogen) atoms. The molecular weight excluding hydrogens is 448 g/mol. The summed E-state index contributed by atoms with van der Waals surface area (Å²) in [6, 6.07) is 7.57. The lowest BCUT2D eigenvalue weighted by Crippen LogP contribution is -2.70. The number of alkyl carbamates (subject to hydrolysis) is 1. The van der Waals surface area contributed by atoms with E-state index in [0.717, 1.165) is 24.8 Å². The van der Waals surface area contributed by atoms with Crippen LogP contribution in [0.2, 0.25) is 0 Å². The zero-order chi connectivity index (χ0) is 24.0. The van der Waals surface area contributed by atoms with E-state index in [4.69, 9.17) is 14.2 Å². The predicted octanol–water partition coefficient (Wildman–Crippen LogP) is 2.97. The number of esters is 2. The first-order valence-corrected chi connectivity index (χ1v) is 11.9. The van der Waals surface area contributed by atoms with E-state index in [1.807, 2.05) is 51.1 Å². The maximum atomic E-state index is 12.7. The normalized spacial score (nSPS) is 22.7. The smallest absolute Gasteiger partial charge is 0.408 e. The molecule has 10 heteroatoms. The number of hydrogen-bond donors (Lipinski definition) is 1. The van der Waals surface area contributed by atoms with Gasteiger partial charge in [0.05, 0.1) is 0 Å². The Morgan fingerprint density at radius 1 is 1.09 bits per heavy atom. The summed E-state index contributed by atoms with van der Waals surface area (Å²) in [4.78, 5) is 50.7. The number of rotatable bonds is 10. The minimum atomic E-state index is -0.850. The number of fused-ring (bicyclic) bond motifs is 1. The van der Waals surface area contributed by atoms with Gasteiger partial charge in [0.25, 0.3) is 0 Å². The van der Waals surface area contributed by atoms with Crippen molar-refractivity contribution in [3.63, 3.8) is 0 Å². The molecule has 2 aliphatic rings. The molecule has 1 aromatic rings. The Labute approximate surface area is 197 Å². The Kier molecular flexibility index (Phi) is 8.23. The molecule has 3 rings (SSSR count). The second-order valence-corrected chi connectivity index (χ2v) is 10.3. The van der Waals surface area contributed by atoms with Gasteiger partial charge >= 0.3 is 18.0 Å². The molecule has 2 aliphatic heterocycles. The van der Waals surface area contributed by atoms with Crippen molar-refractivity contribution in [2.45, 2.75) is 75.3 Å². The second kappa shape index (κ2) is 10.9. The maximum absolute atomic E-state index is 12.7. The molecule has 180 valence electrons. The highest BCUT2D eigenvalue weighted by atomic mass is 32.2. The summed E-state index contributed by atoms with van der Waals surface area (Å²) in [5, 5.41) is 2.18. The van der Waals surface area contributed by atoms with E-state index in [2.05, 4.69) is 5.32 Å². The van der Waals surface area contributed by atoms with Gasteiger partial charge in [0.15, 0.2) is 0 Å². The van der Waals surface area contributed by atoms with Crippen LogP contribution in [0.1, 0.15) is 52.0 Å². The highest BCUT2D eigenvalue weighted by molar-refractivity contribution is 8.01. The minimum Gasteiger partial charge on any atom is -0.445 e. The highest BCUT2D eigenvalue weighted by Gasteiger charge is 2.64. The molecule has 1 N–H and O–H groups in total. The predicted molar refractivity (Wildman–Crippen MR) is 121 cm³/mol. The Morgan fingerprint density at radius 2 is 1.82 bits per heavy atom. The first-order valence-electron chi connectivity index (χ1n) is 11.0. The fraction of sp³-hybridized carbons (Fsp3) is 0.565. The van der Waals surface area contributed by atoms with Crippen molar-refractivity contribution in [3.8, 4) is 0 Å². The Hall–Kier alpha value is -2.75. The zero-order valence-electron chi connectivity index (χ0n) is 19.1. The lowest BCUT2D eigenvalue weighted by Gasteiger charge is -2.43. The van der Waals surface area contributed by atoms with Gasteiger partial charge in [-0.2, -0.15) is 0 Å². The Morgan fingerprint density at radius 3 is 2.52 bits per heavy atom. The van der Waals surface area contributed by atoms with Crippen LogP contribution >= 0.6 is 11.8 Å². The lowest BCUT2D eigenvalue weighted by molar-refractivity contribution is -0.176. The van der Waals surface area contributed by atoms with Crippen LogP contribution in [-0.2, 0) is 35.2 Å². The average Bonchev–Trinajstić information content (AvgIpc) is 3.04. The third-order valence-electron chi connectivity index (χ3n) is 5.56. The number of nitrogens with one attached hydrogen (secondary N) is 1. The van der Waals surface area contributed by atoms with Gasteiger partial charge in [-0.15, -0.1) is 11.8 Å². The number of β-lactam (4-membered cyclic amide) rings is 1. The van der Waals surface area contributed by atoms with Crippen LogP contribution in [0.25, 0.3) is 0 Å². The topological polar surface area (TPSA) is 111 Å². The molecule has 2 saturated heterocycles. The highest BCUT2D eigenvalue weighted by Crippen LogP contribution is 2.51. The number of carbonyl (C=O) groups is 4. The molecule has 1 aromatic carbocycles. The van der Waals surface area contributed by atoms with E-state index in [1.54, 1.807) is 0 Å². The summed E-state index contributed by atoms with van der Waals surface area (Å²) in [5.41, 5.74) is 0.833. The molecule has 0 bridgehead atoms. The summed E-state index contributed by atoms with van der Waals surface area (Å²) in [5.74, 6) is -1.45. The second-order valence-electron chi connectivity index (χ2n) is 8.50. The molecule has 0 aliphatic carbocycles. The van der Waals surface area contributed by atoms with E-state index < -0.39 is 47.0 Å². The van der Waals surface area contributed by atoms with E-state index in [-0.39, 0.29) is 18.9 Å². The first-order chi connectivity index (χ1) is 15.7. The first kappa shape index (κ1) is 24.9. The summed E-state index contributed by atoms with van der Waals surface area (Å²) in [6.45, 7) is 5.30. The van der Waals surface area contributed by atoms with E-state index in [9.17, 15) is 19.2 Å². The Balaban J connectivity index is 1.48. The van der Waals surface area contributed by atoms with E-state index >= 15 is 0 Å². The number of unbranched alkanes of at least 4 members (excludes halogenated alkanes) is 2. The van der Waals surface area contributed by atoms with Crippen molar-refractivity contribution < 1.29 is 33.4 Å². The quantitative estimate of drug-likeness (QED) is 0.236. The van der Waals surface area contributed by atoms with Crippen molar-refractivity contribution in [2.24, 2.45) is 0 Å². The molecule has 3 atom stereocenters. The van der Waals surface area contributed by atoms with Gasteiger partial charge in [0.1, 0.15) is 24.1 Å². The maximum Gasteiger partial charge on any atom is 0.408 e. The lowest BCUT2D eigenvalue weighted by atomic mass is 9.96. The molecule has 0 saturated carbocycles. The SMILES string of the molecule is CCCCCC(=O)OCOC(=O)[C@@H]1N2C(=O)C(NC(=O)OCc3ccccc3)[C@H]2SC1(C)C. The molecule has 0 radical (unpaired) electrons. The third kappa shape index (κ3) is 5.98. The van der Waals surface area contributed by atoms with Crippen molar-refractivity contribution in [3.05, 3.63) is 35.9 Å². The standard InChI is InChI=1S/C23H30N2O7S/c1-4-5-7-12-16(26)31-14-32-21(28)18-23(2,3)33-20-17(19(27)25(18)20)24-22(29)30-13-15-10-8-6-9-11-15/h6,8-11,17-18,20H,4-5,7,12-14H2,1-3H3,(H,24,29)/t17?,18-,20+/m0/s1. The van der Waals surface area contributed by atoms with Crippen LogP contribution in [0.4, 0.5) is 4.79 Å². The largest absolute Gasteiger partial charge is 0.445 e. The number of thioether (sulfide) groups is 1. The van der Waals surface area contributed by atoms with Crippen LogP contribution < -0.4 is 5.32 Å². The number of amides is 2. The summed E-state index contributed by atoms with van der Waals surface area (Å²) >= 11 is 1.40. The fourth-order valence-corrected chi connectivity index (χ4v) is 5.46. The van der Waals surface area contributed by atoms with E-state index in [1.165, 1.54) is 16.7 Å². The van der Waals surface area contributed by atoms with Crippen molar-refractivity contribution in [1.29, 1.82) is 0 Å².